The highest BCUT2D eigenvalue weighted by molar-refractivity contribution is 6.30. The van der Waals surface area contributed by atoms with Crippen molar-refractivity contribution in [2.75, 3.05) is 6.61 Å². The summed E-state index contributed by atoms with van der Waals surface area (Å²) in [5, 5.41) is 0.626. The second-order valence-electron chi connectivity index (χ2n) is 7.90. The summed E-state index contributed by atoms with van der Waals surface area (Å²) >= 11 is 6.17. The quantitative estimate of drug-likeness (QED) is 0.271. The summed E-state index contributed by atoms with van der Waals surface area (Å²) < 4.78 is 9.65. The molecule has 0 bridgehead atoms. The fourth-order valence-electron chi connectivity index (χ4n) is 3.85. The Morgan fingerprint density at radius 1 is 0.912 bits per heavy atom. The van der Waals surface area contributed by atoms with Crippen molar-refractivity contribution in [2.45, 2.75) is 19.8 Å². The van der Waals surface area contributed by atoms with Gasteiger partial charge in [-0.15, -0.1) is 0 Å². The second kappa shape index (κ2) is 9.53. The van der Waals surface area contributed by atoms with Gasteiger partial charge in [0.25, 0.3) is 0 Å². The number of halogens is 1. The molecule has 0 saturated carbocycles. The van der Waals surface area contributed by atoms with E-state index < -0.39 is 0 Å². The number of imidazole rings is 1. The number of unbranched alkanes of at least 4 members (excludes halogenated alkanes) is 1. The van der Waals surface area contributed by atoms with E-state index >= 15 is 0 Å². The summed E-state index contributed by atoms with van der Waals surface area (Å²) in [4.78, 5) is 21.9. The number of para-hydroxylation sites is 1. The third-order valence-corrected chi connectivity index (χ3v) is 5.83. The number of hydrogen-bond acceptors (Lipinski definition) is 4. The first-order chi connectivity index (χ1) is 16.7. The van der Waals surface area contributed by atoms with Gasteiger partial charge in [0.15, 0.2) is 11.2 Å². The Bertz CT molecular complexity index is 1470. The first-order valence-corrected chi connectivity index (χ1v) is 11.6. The Balaban J connectivity index is 1.74. The van der Waals surface area contributed by atoms with E-state index in [-0.39, 0.29) is 5.56 Å². The van der Waals surface area contributed by atoms with Gasteiger partial charge in [-0.25, -0.2) is 4.98 Å². The number of fused-ring (bicyclic) bond motifs is 1. The molecular formula is C27H23ClN4O2. The number of nitrogens with zero attached hydrogens (tertiary/aromatic N) is 4. The lowest BCUT2D eigenvalue weighted by Crippen LogP contribution is -2.17. The van der Waals surface area contributed by atoms with Crippen molar-refractivity contribution in [3.8, 4) is 28.5 Å². The number of hydrogen-bond donors (Lipinski definition) is 0. The van der Waals surface area contributed by atoms with Crippen LogP contribution in [0.3, 0.4) is 0 Å². The highest BCUT2D eigenvalue weighted by Gasteiger charge is 2.19. The monoisotopic (exact) mass is 470 g/mol. The van der Waals surface area contributed by atoms with Crippen LogP contribution in [-0.4, -0.2) is 25.7 Å². The zero-order valence-corrected chi connectivity index (χ0v) is 19.4. The Morgan fingerprint density at radius 2 is 1.65 bits per heavy atom. The lowest BCUT2D eigenvalue weighted by atomic mass is 10.2. The van der Waals surface area contributed by atoms with Gasteiger partial charge in [-0.3, -0.25) is 13.9 Å². The van der Waals surface area contributed by atoms with Gasteiger partial charge in [0.1, 0.15) is 17.9 Å². The summed E-state index contributed by atoms with van der Waals surface area (Å²) in [5.74, 6) is 1.30. The predicted molar refractivity (Wildman–Crippen MR) is 135 cm³/mol. The lowest BCUT2D eigenvalue weighted by Gasteiger charge is -2.17. The van der Waals surface area contributed by atoms with E-state index in [0.717, 1.165) is 35.5 Å². The molecule has 0 aliphatic carbocycles. The molecule has 7 heteroatoms. The van der Waals surface area contributed by atoms with Crippen molar-refractivity contribution in [2.24, 2.45) is 0 Å². The number of ether oxygens (including phenoxy) is 1. The molecule has 6 nitrogen and oxygen atoms in total. The molecule has 0 unspecified atom stereocenters. The van der Waals surface area contributed by atoms with E-state index in [9.17, 15) is 4.79 Å². The standard InChI is InChI=1S/C27H23ClN4O2/c1-2-3-17-34-23-15-9-19(10-16-23)25-30-26(33)24-27(32(25)22-13-11-20(28)12-14-22)31(18-29-24)21-7-5-4-6-8-21/h4-16,18H,2-3,17H2,1H3. The van der Waals surface area contributed by atoms with Gasteiger partial charge >= 0.3 is 5.56 Å². The molecule has 0 spiro atoms. The maximum absolute atomic E-state index is 13.1. The van der Waals surface area contributed by atoms with Crippen molar-refractivity contribution < 1.29 is 4.74 Å². The maximum Gasteiger partial charge on any atom is 0.301 e. The van der Waals surface area contributed by atoms with Gasteiger partial charge in [0.2, 0.25) is 0 Å². The molecule has 5 rings (SSSR count). The summed E-state index contributed by atoms with van der Waals surface area (Å²) in [5.41, 5.74) is 3.04. The van der Waals surface area contributed by atoms with Gasteiger partial charge in [0, 0.05) is 22.0 Å². The number of rotatable bonds is 7. The van der Waals surface area contributed by atoms with E-state index in [0.29, 0.717) is 28.6 Å². The van der Waals surface area contributed by atoms with Crippen LogP contribution >= 0.6 is 11.6 Å². The predicted octanol–water partition coefficient (Wildman–Crippen LogP) is 6.07. The van der Waals surface area contributed by atoms with Crippen molar-refractivity contribution in [1.29, 1.82) is 0 Å². The Morgan fingerprint density at radius 3 is 2.35 bits per heavy atom. The van der Waals surface area contributed by atoms with Crippen LogP contribution < -0.4 is 10.3 Å². The molecule has 2 heterocycles. The maximum atomic E-state index is 13.1. The molecule has 2 aromatic heterocycles. The number of aromatic nitrogens is 4. The third-order valence-electron chi connectivity index (χ3n) is 5.57. The first kappa shape index (κ1) is 21.9. The molecule has 0 aliphatic heterocycles. The topological polar surface area (TPSA) is 61.9 Å². The SMILES string of the molecule is CCCCOc1ccc(-c2nc(=O)c3ncn(-c4ccccc4)c3n2-c2ccc(Cl)cc2)cc1. The van der Waals surface area contributed by atoms with Crippen molar-refractivity contribution in [3.05, 3.63) is 101 Å². The van der Waals surface area contributed by atoms with Crippen LogP contribution in [-0.2, 0) is 0 Å². The van der Waals surface area contributed by atoms with Gasteiger partial charge in [-0.05, 0) is 67.1 Å². The molecule has 0 amide bonds. The van der Waals surface area contributed by atoms with Gasteiger partial charge in [-0.1, -0.05) is 43.1 Å². The average Bonchev–Trinajstić information content (AvgIpc) is 3.32. The van der Waals surface area contributed by atoms with Crippen LogP contribution in [0.1, 0.15) is 19.8 Å². The Kier molecular flexibility index (Phi) is 6.14. The van der Waals surface area contributed by atoms with Crippen LogP contribution in [0, 0.1) is 0 Å². The molecule has 3 aromatic carbocycles. The third kappa shape index (κ3) is 4.20. The molecule has 0 radical (unpaired) electrons. The smallest absolute Gasteiger partial charge is 0.301 e. The minimum absolute atomic E-state index is 0.294. The van der Waals surface area contributed by atoms with Crippen molar-refractivity contribution in [3.63, 3.8) is 0 Å². The summed E-state index contributed by atoms with van der Waals surface area (Å²) in [6.07, 6.45) is 3.73. The minimum Gasteiger partial charge on any atom is -0.494 e. The van der Waals surface area contributed by atoms with E-state index in [1.807, 2.05) is 88.0 Å². The fraction of sp³-hybridized carbons (Fsp3) is 0.148. The normalized spacial score (nSPS) is 11.1. The summed E-state index contributed by atoms with van der Waals surface area (Å²) in [6.45, 7) is 2.80. The van der Waals surface area contributed by atoms with Crippen LogP contribution in [0.2, 0.25) is 5.02 Å². The molecule has 34 heavy (non-hydrogen) atoms. The first-order valence-electron chi connectivity index (χ1n) is 11.2. The molecule has 0 fully saturated rings. The summed E-state index contributed by atoms with van der Waals surface area (Å²) in [6, 6.07) is 24.9. The van der Waals surface area contributed by atoms with E-state index in [1.165, 1.54) is 0 Å². The molecule has 5 aromatic rings. The zero-order chi connectivity index (χ0) is 23.5. The largest absolute Gasteiger partial charge is 0.494 e. The molecule has 0 atom stereocenters. The second-order valence-corrected chi connectivity index (χ2v) is 8.34. The van der Waals surface area contributed by atoms with Gasteiger partial charge < -0.3 is 4.74 Å². The highest BCUT2D eigenvalue weighted by atomic mass is 35.5. The molecule has 0 N–H and O–H groups in total. The number of benzene rings is 3. The van der Waals surface area contributed by atoms with Crippen molar-refractivity contribution >= 4 is 22.8 Å². The van der Waals surface area contributed by atoms with E-state index in [2.05, 4.69) is 16.9 Å². The van der Waals surface area contributed by atoms with Crippen molar-refractivity contribution in [1.82, 2.24) is 19.1 Å². The van der Waals surface area contributed by atoms with Crippen LogP contribution in [0.15, 0.2) is 90.0 Å². The lowest BCUT2D eigenvalue weighted by molar-refractivity contribution is 0.309. The highest BCUT2D eigenvalue weighted by Crippen LogP contribution is 2.28. The Hall–Kier alpha value is -3.90. The molecule has 0 aliphatic rings. The molecule has 0 saturated heterocycles. The molecule has 170 valence electrons. The van der Waals surface area contributed by atoms with Crippen LogP contribution in [0.5, 0.6) is 5.75 Å². The van der Waals surface area contributed by atoms with E-state index in [4.69, 9.17) is 16.3 Å². The molecular weight excluding hydrogens is 448 g/mol. The Labute approximate surface area is 202 Å². The van der Waals surface area contributed by atoms with Gasteiger partial charge in [-0.2, -0.15) is 4.98 Å². The van der Waals surface area contributed by atoms with Crippen LogP contribution in [0.25, 0.3) is 33.9 Å². The minimum atomic E-state index is -0.381. The fourth-order valence-corrected chi connectivity index (χ4v) is 3.97. The summed E-state index contributed by atoms with van der Waals surface area (Å²) in [7, 11) is 0. The zero-order valence-electron chi connectivity index (χ0n) is 18.7. The average molecular weight is 471 g/mol. The van der Waals surface area contributed by atoms with Crippen LogP contribution in [0.4, 0.5) is 0 Å². The van der Waals surface area contributed by atoms with Gasteiger partial charge in [0.05, 0.1) is 6.61 Å². The van der Waals surface area contributed by atoms with E-state index in [1.54, 1.807) is 6.33 Å².